The minimum absolute atomic E-state index is 0.00852. The van der Waals surface area contributed by atoms with Crippen LogP contribution >= 0.6 is 0 Å². The van der Waals surface area contributed by atoms with E-state index in [-0.39, 0.29) is 24.9 Å². The van der Waals surface area contributed by atoms with Crippen molar-refractivity contribution < 1.29 is 19.4 Å². The van der Waals surface area contributed by atoms with Crippen molar-refractivity contribution in [1.82, 2.24) is 0 Å². The highest BCUT2D eigenvalue weighted by Crippen LogP contribution is 2.17. The molecule has 0 heterocycles. The Morgan fingerprint density at radius 3 is 2.37 bits per heavy atom. The van der Waals surface area contributed by atoms with Crippen molar-refractivity contribution in [1.29, 1.82) is 0 Å². The van der Waals surface area contributed by atoms with Crippen molar-refractivity contribution in [3.63, 3.8) is 0 Å². The Kier molecular flexibility index (Phi) is 5.85. The molecule has 0 bridgehead atoms. The second kappa shape index (κ2) is 7.41. The van der Waals surface area contributed by atoms with Gasteiger partial charge in [-0.25, -0.2) is 0 Å². The summed E-state index contributed by atoms with van der Waals surface area (Å²) in [6.07, 6.45) is 0.664. The van der Waals surface area contributed by atoms with Gasteiger partial charge in [0.1, 0.15) is 5.75 Å². The van der Waals surface area contributed by atoms with Crippen LogP contribution in [-0.2, 0) is 9.59 Å². The molecule has 5 nitrogen and oxygen atoms in total. The fraction of sp³-hybridized carbons (Fsp3) is 0.429. The van der Waals surface area contributed by atoms with Crippen molar-refractivity contribution in [2.45, 2.75) is 39.2 Å². The van der Waals surface area contributed by atoms with Crippen LogP contribution in [0.15, 0.2) is 24.3 Å². The molecule has 0 aliphatic heterocycles. The second-order valence-electron chi connectivity index (χ2n) is 4.49. The third-order valence-corrected chi connectivity index (χ3v) is 2.30. The third kappa shape index (κ3) is 6.45. The van der Waals surface area contributed by atoms with Gasteiger partial charge >= 0.3 is 5.97 Å². The van der Waals surface area contributed by atoms with Crippen LogP contribution in [0.25, 0.3) is 0 Å². The van der Waals surface area contributed by atoms with E-state index in [0.29, 0.717) is 12.1 Å². The lowest BCUT2D eigenvalue weighted by atomic mass is 10.2. The van der Waals surface area contributed by atoms with Gasteiger partial charge in [0.2, 0.25) is 5.91 Å². The zero-order chi connectivity index (χ0) is 14.3. The van der Waals surface area contributed by atoms with E-state index >= 15 is 0 Å². The minimum Gasteiger partial charge on any atom is -0.491 e. The second-order valence-corrected chi connectivity index (χ2v) is 4.49. The highest BCUT2D eigenvalue weighted by Gasteiger charge is 2.05. The molecule has 19 heavy (non-hydrogen) atoms. The Hall–Kier alpha value is -2.04. The lowest BCUT2D eigenvalue weighted by molar-refractivity contribution is -0.137. The molecule has 0 aliphatic carbocycles. The molecule has 0 saturated carbocycles. The number of carboxylic acids is 1. The number of carbonyl (C=O) groups excluding carboxylic acids is 1. The molecule has 104 valence electrons. The Morgan fingerprint density at radius 2 is 1.84 bits per heavy atom. The van der Waals surface area contributed by atoms with E-state index < -0.39 is 5.97 Å². The number of carboxylic acid groups (broad SMARTS) is 1. The van der Waals surface area contributed by atoms with Gasteiger partial charge in [-0.15, -0.1) is 0 Å². The highest BCUT2D eigenvalue weighted by molar-refractivity contribution is 5.90. The Balaban J connectivity index is 2.40. The van der Waals surface area contributed by atoms with Crippen molar-refractivity contribution in [3.05, 3.63) is 24.3 Å². The van der Waals surface area contributed by atoms with Crippen molar-refractivity contribution >= 4 is 17.6 Å². The van der Waals surface area contributed by atoms with Crippen LogP contribution in [0.2, 0.25) is 0 Å². The van der Waals surface area contributed by atoms with E-state index in [1.54, 1.807) is 24.3 Å². The summed E-state index contributed by atoms with van der Waals surface area (Å²) in [6.45, 7) is 3.89. The maximum atomic E-state index is 11.5. The molecule has 2 N–H and O–H groups in total. The number of anilines is 1. The molecule has 0 aromatic heterocycles. The summed E-state index contributed by atoms with van der Waals surface area (Å²) in [6, 6.07) is 7.08. The maximum Gasteiger partial charge on any atom is 0.303 e. The van der Waals surface area contributed by atoms with Crippen LogP contribution in [0, 0.1) is 0 Å². The molecule has 5 heteroatoms. The van der Waals surface area contributed by atoms with Gasteiger partial charge in [0.05, 0.1) is 6.10 Å². The van der Waals surface area contributed by atoms with Crippen molar-refractivity contribution in [2.24, 2.45) is 0 Å². The first-order valence-corrected chi connectivity index (χ1v) is 6.25. The molecule has 0 unspecified atom stereocenters. The molecule has 0 radical (unpaired) electrons. The number of carbonyl (C=O) groups is 2. The number of hydrogen-bond acceptors (Lipinski definition) is 3. The minimum atomic E-state index is -0.886. The molecule has 0 spiro atoms. The lowest BCUT2D eigenvalue weighted by Crippen LogP contribution is -2.12. The van der Waals surface area contributed by atoms with Crippen molar-refractivity contribution in [2.75, 3.05) is 5.32 Å². The first-order valence-electron chi connectivity index (χ1n) is 6.25. The van der Waals surface area contributed by atoms with Crippen LogP contribution < -0.4 is 10.1 Å². The van der Waals surface area contributed by atoms with Crippen LogP contribution in [-0.4, -0.2) is 23.1 Å². The third-order valence-electron chi connectivity index (χ3n) is 2.30. The number of rotatable bonds is 7. The molecular formula is C14H19NO4. The van der Waals surface area contributed by atoms with E-state index in [2.05, 4.69) is 5.32 Å². The molecule has 1 aromatic rings. The van der Waals surface area contributed by atoms with E-state index in [4.69, 9.17) is 9.84 Å². The van der Waals surface area contributed by atoms with Crippen LogP contribution in [0.1, 0.15) is 33.1 Å². The van der Waals surface area contributed by atoms with Gasteiger partial charge in [-0.2, -0.15) is 0 Å². The quantitative estimate of drug-likeness (QED) is 0.794. The van der Waals surface area contributed by atoms with E-state index in [0.717, 1.165) is 5.75 Å². The zero-order valence-corrected chi connectivity index (χ0v) is 11.2. The number of aliphatic carboxylic acids is 1. The summed E-state index contributed by atoms with van der Waals surface area (Å²) >= 11 is 0. The summed E-state index contributed by atoms with van der Waals surface area (Å²) < 4.78 is 5.49. The average molecular weight is 265 g/mol. The SMILES string of the molecule is CC(C)Oc1ccc(NC(=O)CCCC(=O)O)cc1. The first kappa shape index (κ1) is 15.0. The Labute approximate surface area is 112 Å². The Bertz CT molecular complexity index is 426. The van der Waals surface area contributed by atoms with Gasteiger partial charge in [0, 0.05) is 18.5 Å². The number of amides is 1. The fourth-order valence-corrected chi connectivity index (χ4v) is 1.51. The van der Waals surface area contributed by atoms with Gasteiger partial charge < -0.3 is 15.2 Å². The average Bonchev–Trinajstić information content (AvgIpc) is 2.30. The van der Waals surface area contributed by atoms with Crippen LogP contribution in [0.5, 0.6) is 5.75 Å². The molecule has 0 aliphatic rings. The molecule has 1 aromatic carbocycles. The maximum absolute atomic E-state index is 11.5. The van der Waals surface area contributed by atoms with Gasteiger partial charge in [0.25, 0.3) is 0 Å². The summed E-state index contributed by atoms with van der Waals surface area (Å²) in [5, 5.41) is 11.2. The van der Waals surface area contributed by atoms with Crippen LogP contribution in [0.3, 0.4) is 0 Å². The predicted molar refractivity (Wildman–Crippen MR) is 72.3 cm³/mol. The largest absolute Gasteiger partial charge is 0.491 e. The van der Waals surface area contributed by atoms with Gasteiger partial charge in [0.15, 0.2) is 0 Å². The monoisotopic (exact) mass is 265 g/mol. The van der Waals surface area contributed by atoms with Gasteiger partial charge in [-0.1, -0.05) is 0 Å². The number of ether oxygens (including phenoxy) is 1. The summed E-state index contributed by atoms with van der Waals surface area (Å²) in [4.78, 5) is 21.8. The highest BCUT2D eigenvalue weighted by atomic mass is 16.5. The summed E-state index contributed by atoms with van der Waals surface area (Å²) in [7, 11) is 0. The number of nitrogens with one attached hydrogen (secondary N) is 1. The molecule has 1 amide bonds. The Morgan fingerprint density at radius 1 is 1.21 bits per heavy atom. The predicted octanol–water partition coefficient (Wildman–Crippen LogP) is 2.67. The van der Waals surface area contributed by atoms with E-state index in [9.17, 15) is 9.59 Å². The summed E-state index contributed by atoms with van der Waals surface area (Å²) in [5.74, 6) is -0.319. The molecule has 1 rings (SSSR count). The van der Waals surface area contributed by atoms with Gasteiger partial charge in [-0.3, -0.25) is 9.59 Å². The first-order chi connectivity index (χ1) is 8.97. The van der Waals surface area contributed by atoms with E-state index in [1.165, 1.54) is 0 Å². The molecule has 0 saturated heterocycles. The fourth-order valence-electron chi connectivity index (χ4n) is 1.51. The van der Waals surface area contributed by atoms with Crippen LogP contribution in [0.4, 0.5) is 5.69 Å². The topological polar surface area (TPSA) is 75.6 Å². The number of benzene rings is 1. The zero-order valence-electron chi connectivity index (χ0n) is 11.2. The smallest absolute Gasteiger partial charge is 0.303 e. The lowest BCUT2D eigenvalue weighted by Gasteiger charge is -2.10. The summed E-state index contributed by atoms with van der Waals surface area (Å²) in [5.41, 5.74) is 0.677. The molecule has 0 atom stereocenters. The number of hydrogen-bond donors (Lipinski definition) is 2. The van der Waals surface area contributed by atoms with Gasteiger partial charge in [-0.05, 0) is 44.5 Å². The van der Waals surface area contributed by atoms with E-state index in [1.807, 2.05) is 13.8 Å². The van der Waals surface area contributed by atoms with Crippen molar-refractivity contribution in [3.8, 4) is 5.75 Å². The molecule has 0 fully saturated rings. The standard InChI is InChI=1S/C14H19NO4/c1-10(2)19-12-8-6-11(7-9-12)15-13(16)4-3-5-14(17)18/h6-10H,3-5H2,1-2H3,(H,15,16)(H,17,18). The normalized spacial score (nSPS) is 10.3. The molecular weight excluding hydrogens is 246 g/mol.